The molecule has 1 aromatic heterocycles. The summed E-state index contributed by atoms with van der Waals surface area (Å²) in [6.07, 6.45) is 0. The highest BCUT2D eigenvalue weighted by molar-refractivity contribution is 7.99. The number of aromatic nitrogens is 2. The number of carbonyl (C=O) groups is 1. The van der Waals surface area contributed by atoms with E-state index in [4.69, 9.17) is 0 Å². The van der Waals surface area contributed by atoms with Gasteiger partial charge in [-0.15, -0.1) is 0 Å². The van der Waals surface area contributed by atoms with E-state index in [1.807, 2.05) is 0 Å². The molecule has 0 aliphatic heterocycles. The molecule has 0 fully saturated rings. The number of carbonyl (C=O) groups excluding carboxylic acids is 1. The van der Waals surface area contributed by atoms with Crippen LogP contribution in [0.15, 0.2) is 34.2 Å². The van der Waals surface area contributed by atoms with Gasteiger partial charge in [-0.3, -0.25) is 19.7 Å². The first-order valence-corrected chi connectivity index (χ1v) is 7.59. The summed E-state index contributed by atoms with van der Waals surface area (Å²) < 4.78 is 0. The Balaban J connectivity index is 2.03. The van der Waals surface area contributed by atoms with E-state index in [1.54, 1.807) is 19.9 Å². The topological polar surface area (TPSA) is 118 Å². The molecule has 0 saturated heterocycles. The molecule has 0 unspecified atom stereocenters. The minimum atomic E-state index is -0.523. The molecule has 2 aromatic rings. The highest BCUT2D eigenvalue weighted by Gasteiger charge is 2.12. The number of rotatable bonds is 5. The third kappa shape index (κ3) is 4.65. The monoisotopic (exact) mass is 334 g/mol. The molecule has 0 spiro atoms. The van der Waals surface area contributed by atoms with E-state index in [2.05, 4.69) is 15.3 Å². The number of H-pyrrole nitrogens is 1. The summed E-state index contributed by atoms with van der Waals surface area (Å²) in [6.45, 7) is 3.43. The Bertz CT molecular complexity index is 819. The van der Waals surface area contributed by atoms with Gasteiger partial charge in [0, 0.05) is 23.9 Å². The Morgan fingerprint density at radius 2 is 2.13 bits per heavy atom. The van der Waals surface area contributed by atoms with Crippen LogP contribution in [0.4, 0.5) is 11.4 Å². The average Bonchev–Trinajstić information content (AvgIpc) is 2.46. The van der Waals surface area contributed by atoms with Crippen LogP contribution in [0.2, 0.25) is 0 Å². The van der Waals surface area contributed by atoms with Crippen LogP contribution in [0.5, 0.6) is 0 Å². The van der Waals surface area contributed by atoms with Crippen LogP contribution in [0.1, 0.15) is 11.3 Å². The zero-order chi connectivity index (χ0) is 17.0. The lowest BCUT2D eigenvalue weighted by molar-refractivity contribution is -0.384. The van der Waals surface area contributed by atoms with Crippen molar-refractivity contribution in [3.8, 4) is 0 Å². The highest BCUT2D eigenvalue weighted by atomic mass is 32.2. The molecule has 1 aromatic carbocycles. The smallest absolute Gasteiger partial charge is 0.271 e. The number of nitro benzene ring substituents is 1. The quantitative estimate of drug-likeness (QED) is 0.374. The summed E-state index contributed by atoms with van der Waals surface area (Å²) in [5.74, 6) is -0.322. The molecule has 0 aliphatic rings. The molecule has 0 bridgehead atoms. The minimum absolute atomic E-state index is 0.0223. The summed E-state index contributed by atoms with van der Waals surface area (Å²) >= 11 is 1.08. The average molecular weight is 334 g/mol. The van der Waals surface area contributed by atoms with Crippen molar-refractivity contribution < 1.29 is 9.72 Å². The molecule has 0 saturated carbocycles. The van der Waals surface area contributed by atoms with Crippen molar-refractivity contribution in [2.75, 3.05) is 11.1 Å². The number of amides is 1. The third-order valence-corrected chi connectivity index (χ3v) is 3.77. The van der Waals surface area contributed by atoms with Crippen molar-refractivity contribution in [3.05, 3.63) is 56.0 Å². The molecule has 1 amide bonds. The van der Waals surface area contributed by atoms with Gasteiger partial charge in [-0.1, -0.05) is 17.8 Å². The van der Waals surface area contributed by atoms with Crippen LogP contribution in [0.25, 0.3) is 0 Å². The van der Waals surface area contributed by atoms with E-state index in [0.717, 1.165) is 17.3 Å². The fraction of sp³-hybridized carbons (Fsp3) is 0.214. The summed E-state index contributed by atoms with van der Waals surface area (Å²) in [6, 6.07) is 5.61. The van der Waals surface area contributed by atoms with E-state index < -0.39 is 4.92 Å². The second-order valence-electron chi connectivity index (χ2n) is 4.79. The predicted octanol–water partition coefficient (Wildman–Crippen LogP) is 2.03. The van der Waals surface area contributed by atoms with Gasteiger partial charge in [0.15, 0.2) is 5.16 Å². The Hall–Kier alpha value is -2.68. The Kier molecular flexibility index (Phi) is 5.12. The normalized spacial score (nSPS) is 10.3. The number of non-ortho nitro benzene ring substituents is 1. The largest absolute Gasteiger partial charge is 0.325 e. The molecule has 2 N–H and O–H groups in total. The van der Waals surface area contributed by atoms with Crippen molar-refractivity contribution in [1.29, 1.82) is 0 Å². The van der Waals surface area contributed by atoms with E-state index in [1.165, 1.54) is 18.2 Å². The number of aryl methyl sites for hydroxylation is 2. The zero-order valence-electron chi connectivity index (χ0n) is 12.5. The Morgan fingerprint density at radius 1 is 1.39 bits per heavy atom. The van der Waals surface area contributed by atoms with E-state index >= 15 is 0 Å². The Morgan fingerprint density at radius 3 is 2.78 bits per heavy atom. The van der Waals surface area contributed by atoms with Crippen LogP contribution >= 0.6 is 11.8 Å². The fourth-order valence-electron chi connectivity index (χ4n) is 1.80. The van der Waals surface area contributed by atoms with Crippen molar-refractivity contribution in [2.24, 2.45) is 0 Å². The molecule has 0 atom stereocenters. The summed E-state index contributed by atoms with van der Waals surface area (Å²) in [5, 5.41) is 13.7. The van der Waals surface area contributed by atoms with Crippen LogP contribution < -0.4 is 10.9 Å². The van der Waals surface area contributed by atoms with Gasteiger partial charge in [-0.2, -0.15) is 0 Å². The summed E-state index contributed by atoms with van der Waals surface area (Å²) in [5.41, 5.74) is 1.29. The maximum absolute atomic E-state index is 12.0. The number of nitrogens with one attached hydrogen (secondary N) is 2. The number of nitro groups is 1. The molecular formula is C14H14N4O4S. The van der Waals surface area contributed by atoms with E-state index in [-0.39, 0.29) is 22.9 Å². The second kappa shape index (κ2) is 7.05. The number of hydrogen-bond donors (Lipinski definition) is 2. The van der Waals surface area contributed by atoms with Crippen molar-refractivity contribution in [2.45, 2.75) is 19.0 Å². The van der Waals surface area contributed by atoms with Crippen molar-refractivity contribution in [1.82, 2.24) is 9.97 Å². The number of aromatic amines is 1. The summed E-state index contributed by atoms with van der Waals surface area (Å²) in [4.78, 5) is 40.2. The van der Waals surface area contributed by atoms with Gasteiger partial charge in [0.05, 0.1) is 16.4 Å². The highest BCUT2D eigenvalue weighted by Crippen LogP contribution is 2.22. The predicted molar refractivity (Wildman–Crippen MR) is 86.8 cm³/mol. The lowest BCUT2D eigenvalue weighted by Crippen LogP contribution is -2.16. The van der Waals surface area contributed by atoms with Gasteiger partial charge in [0.2, 0.25) is 5.91 Å². The molecule has 8 nitrogen and oxygen atoms in total. The Labute approximate surface area is 135 Å². The van der Waals surface area contributed by atoms with Crippen molar-refractivity contribution >= 4 is 29.0 Å². The van der Waals surface area contributed by atoms with Gasteiger partial charge in [-0.25, -0.2) is 4.98 Å². The van der Waals surface area contributed by atoms with E-state index in [0.29, 0.717) is 16.5 Å². The van der Waals surface area contributed by atoms with Crippen molar-refractivity contribution in [3.63, 3.8) is 0 Å². The van der Waals surface area contributed by atoms with Crippen LogP contribution in [-0.4, -0.2) is 26.6 Å². The maximum atomic E-state index is 12.0. The molecule has 23 heavy (non-hydrogen) atoms. The van der Waals surface area contributed by atoms with Gasteiger partial charge >= 0.3 is 0 Å². The van der Waals surface area contributed by atoms with Gasteiger partial charge in [0.25, 0.3) is 11.2 Å². The number of anilines is 1. The lowest BCUT2D eigenvalue weighted by Gasteiger charge is -2.08. The molecule has 9 heteroatoms. The number of nitrogens with zero attached hydrogens (tertiary/aromatic N) is 2. The number of thioether (sulfide) groups is 1. The van der Waals surface area contributed by atoms with Gasteiger partial charge < -0.3 is 10.3 Å². The molecule has 2 rings (SSSR count). The first kappa shape index (κ1) is 16.7. The first-order valence-electron chi connectivity index (χ1n) is 6.61. The molecule has 1 heterocycles. The van der Waals surface area contributed by atoms with Gasteiger partial charge in [0.1, 0.15) is 0 Å². The third-order valence-electron chi connectivity index (χ3n) is 2.89. The number of hydrogen-bond acceptors (Lipinski definition) is 6. The van der Waals surface area contributed by atoms with Crippen LogP contribution in [0, 0.1) is 24.0 Å². The maximum Gasteiger partial charge on any atom is 0.271 e. The standard InChI is InChI=1S/C14H14N4O4S/c1-8-3-4-10(18(21)22)6-11(8)16-13(20)7-23-14-15-9(2)5-12(19)17-14/h3-6H,7H2,1-2H3,(H,16,20)(H,15,17,19). The van der Waals surface area contributed by atoms with Gasteiger partial charge in [-0.05, 0) is 19.4 Å². The van der Waals surface area contributed by atoms with Crippen LogP contribution in [0.3, 0.4) is 0 Å². The van der Waals surface area contributed by atoms with E-state index in [9.17, 15) is 19.7 Å². The second-order valence-corrected chi connectivity index (χ2v) is 5.75. The van der Waals surface area contributed by atoms with Crippen LogP contribution in [-0.2, 0) is 4.79 Å². The molecule has 120 valence electrons. The first-order chi connectivity index (χ1) is 10.8. The fourth-order valence-corrected chi connectivity index (χ4v) is 2.52. The number of benzene rings is 1. The SMILES string of the molecule is Cc1cc(=O)[nH]c(SCC(=O)Nc2cc([N+](=O)[O-])ccc2C)n1. The molecular weight excluding hydrogens is 320 g/mol. The molecule has 0 radical (unpaired) electrons. The minimum Gasteiger partial charge on any atom is -0.325 e. The zero-order valence-corrected chi connectivity index (χ0v) is 13.3. The molecule has 0 aliphatic carbocycles. The lowest BCUT2D eigenvalue weighted by atomic mass is 10.2. The summed E-state index contributed by atoms with van der Waals surface area (Å²) in [7, 11) is 0.